The van der Waals surface area contributed by atoms with E-state index in [1.54, 1.807) is 12.4 Å². The summed E-state index contributed by atoms with van der Waals surface area (Å²) in [5, 5.41) is 6.38. The lowest BCUT2D eigenvalue weighted by atomic mass is 10.2. The van der Waals surface area contributed by atoms with Gasteiger partial charge in [0, 0.05) is 44.1 Å². The Labute approximate surface area is 166 Å². The maximum Gasteiger partial charge on any atom is 0.229 e. The molecule has 0 saturated carbocycles. The lowest BCUT2D eigenvalue weighted by molar-refractivity contribution is 0.589. The predicted molar refractivity (Wildman–Crippen MR) is 110 cm³/mol. The first-order valence-corrected chi connectivity index (χ1v) is 9.42. The summed E-state index contributed by atoms with van der Waals surface area (Å²) in [5.41, 5.74) is 3.33. The Bertz CT molecular complexity index is 1130. The minimum absolute atomic E-state index is 0.185. The summed E-state index contributed by atoms with van der Waals surface area (Å²) in [6, 6.07) is 7.58. The van der Waals surface area contributed by atoms with Crippen LogP contribution in [0.15, 0.2) is 49.1 Å². The van der Waals surface area contributed by atoms with E-state index in [0.717, 1.165) is 43.6 Å². The molecule has 4 aromatic rings. The Hall–Kier alpha value is -3.59. The van der Waals surface area contributed by atoms with Gasteiger partial charge in [0.1, 0.15) is 11.5 Å². The molecule has 0 atom stereocenters. The molecule has 1 fully saturated rings. The molecule has 29 heavy (non-hydrogen) atoms. The second-order valence-corrected chi connectivity index (χ2v) is 6.76. The van der Waals surface area contributed by atoms with E-state index in [-0.39, 0.29) is 11.6 Å². The van der Waals surface area contributed by atoms with Crippen LogP contribution in [-0.4, -0.2) is 51.1 Å². The van der Waals surface area contributed by atoms with Gasteiger partial charge in [0.25, 0.3) is 0 Å². The lowest BCUT2D eigenvalue weighted by Gasteiger charge is -2.29. The van der Waals surface area contributed by atoms with Crippen molar-refractivity contribution in [3.63, 3.8) is 0 Å². The van der Waals surface area contributed by atoms with E-state index in [2.05, 4.69) is 40.5 Å². The molecule has 0 radical (unpaired) electrons. The fourth-order valence-corrected chi connectivity index (χ4v) is 3.44. The molecule has 0 spiro atoms. The van der Waals surface area contributed by atoms with Gasteiger partial charge in [-0.1, -0.05) is 0 Å². The van der Waals surface area contributed by atoms with Gasteiger partial charge >= 0.3 is 0 Å². The monoisotopic (exact) mass is 390 g/mol. The van der Waals surface area contributed by atoms with E-state index in [0.29, 0.717) is 16.9 Å². The molecule has 0 unspecified atom stereocenters. The molecule has 0 aromatic carbocycles. The predicted octanol–water partition coefficient (Wildman–Crippen LogP) is 2.71. The highest BCUT2D eigenvalue weighted by Crippen LogP contribution is 2.28. The van der Waals surface area contributed by atoms with E-state index < -0.39 is 5.82 Å². The largest absolute Gasteiger partial charge is 0.368 e. The minimum Gasteiger partial charge on any atom is -0.368 e. The molecule has 4 aromatic heterocycles. The third kappa shape index (κ3) is 3.47. The van der Waals surface area contributed by atoms with Crippen LogP contribution in [0.3, 0.4) is 0 Å². The lowest BCUT2D eigenvalue weighted by Crippen LogP contribution is -2.43. The minimum atomic E-state index is -0.510. The van der Waals surface area contributed by atoms with E-state index in [1.807, 2.05) is 30.5 Å². The third-order valence-corrected chi connectivity index (χ3v) is 4.90. The molecule has 9 heteroatoms. The van der Waals surface area contributed by atoms with Crippen LogP contribution in [0.5, 0.6) is 0 Å². The topological polar surface area (TPSA) is 94.6 Å². The van der Waals surface area contributed by atoms with Crippen LogP contribution in [0, 0.1) is 5.82 Å². The van der Waals surface area contributed by atoms with Gasteiger partial charge in [-0.3, -0.25) is 4.98 Å². The quantitative estimate of drug-likeness (QED) is 0.493. The van der Waals surface area contributed by atoms with Crippen LogP contribution in [0.4, 0.5) is 21.8 Å². The average molecular weight is 390 g/mol. The fourth-order valence-electron chi connectivity index (χ4n) is 3.44. The number of piperazine rings is 1. The number of aromatic nitrogens is 5. The van der Waals surface area contributed by atoms with Crippen LogP contribution in [-0.2, 0) is 0 Å². The van der Waals surface area contributed by atoms with E-state index in [4.69, 9.17) is 0 Å². The van der Waals surface area contributed by atoms with E-state index in [9.17, 15) is 4.39 Å². The van der Waals surface area contributed by atoms with Crippen LogP contribution in [0.25, 0.3) is 22.3 Å². The molecule has 5 heterocycles. The van der Waals surface area contributed by atoms with Crippen molar-refractivity contribution < 1.29 is 4.39 Å². The molecule has 3 N–H and O–H groups in total. The average Bonchev–Trinajstić information content (AvgIpc) is 3.20. The van der Waals surface area contributed by atoms with Crippen molar-refractivity contribution in [2.75, 3.05) is 36.4 Å². The Morgan fingerprint density at radius 1 is 1.03 bits per heavy atom. The first-order valence-electron chi connectivity index (χ1n) is 9.42. The number of H-pyrrole nitrogens is 1. The van der Waals surface area contributed by atoms with Gasteiger partial charge < -0.3 is 20.5 Å². The number of anilines is 3. The summed E-state index contributed by atoms with van der Waals surface area (Å²) in [4.78, 5) is 22.6. The maximum atomic E-state index is 14.4. The summed E-state index contributed by atoms with van der Waals surface area (Å²) in [7, 11) is 0. The third-order valence-electron chi connectivity index (χ3n) is 4.90. The van der Waals surface area contributed by atoms with Crippen LogP contribution in [0.2, 0.25) is 0 Å². The SMILES string of the molecule is Fc1cnc(Nc2ccc(N3CCNCC3)cn2)nc1-c1c[nH]c2cccnc12. The zero-order valence-electron chi connectivity index (χ0n) is 15.6. The van der Waals surface area contributed by atoms with Gasteiger partial charge in [0.2, 0.25) is 5.95 Å². The van der Waals surface area contributed by atoms with Crippen molar-refractivity contribution in [1.82, 2.24) is 30.2 Å². The van der Waals surface area contributed by atoms with Crippen LogP contribution < -0.4 is 15.5 Å². The highest BCUT2D eigenvalue weighted by atomic mass is 19.1. The van der Waals surface area contributed by atoms with Gasteiger partial charge in [0.15, 0.2) is 5.82 Å². The molecule has 1 aliphatic rings. The molecule has 5 rings (SSSR count). The highest BCUT2D eigenvalue weighted by Gasteiger charge is 2.15. The van der Waals surface area contributed by atoms with Gasteiger partial charge in [-0.25, -0.2) is 19.3 Å². The number of nitrogens with one attached hydrogen (secondary N) is 3. The molecule has 146 valence electrons. The summed E-state index contributed by atoms with van der Waals surface area (Å²) in [6.45, 7) is 3.85. The van der Waals surface area contributed by atoms with Crippen molar-refractivity contribution >= 4 is 28.5 Å². The van der Waals surface area contributed by atoms with Gasteiger partial charge in [-0.15, -0.1) is 0 Å². The van der Waals surface area contributed by atoms with Gasteiger partial charge in [0.05, 0.1) is 29.1 Å². The summed E-state index contributed by atoms with van der Waals surface area (Å²) < 4.78 is 14.4. The van der Waals surface area contributed by atoms with Crippen molar-refractivity contribution in [3.05, 3.63) is 54.9 Å². The molecule has 0 aliphatic carbocycles. The first kappa shape index (κ1) is 17.5. The first-order chi connectivity index (χ1) is 14.3. The second-order valence-electron chi connectivity index (χ2n) is 6.76. The number of hydrogen-bond acceptors (Lipinski definition) is 7. The Kier molecular flexibility index (Phi) is 4.49. The molecule has 0 bridgehead atoms. The molecule has 8 nitrogen and oxygen atoms in total. The van der Waals surface area contributed by atoms with E-state index in [1.165, 1.54) is 0 Å². The van der Waals surface area contributed by atoms with Gasteiger partial charge in [-0.2, -0.15) is 0 Å². The Morgan fingerprint density at radius 2 is 1.93 bits per heavy atom. The number of fused-ring (bicyclic) bond motifs is 1. The number of rotatable bonds is 4. The summed E-state index contributed by atoms with van der Waals surface area (Å²) in [6.07, 6.45) is 6.35. The van der Waals surface area contributed by atoms with Crippen LogP contribution >= 0.6 is 0 Å². The second kappa shape index (κ2) is 7.44. The smallest absolute Gasteiger partial charge is 0.229 e. The molecule has 1 saturated heterocycles. The fraction of sp³-hybridized carbons (Fsp3) is 0.200. The van der Waals surface area contributed by atoms with Crippen molar-refractivity contribution in [3.8, 4) is 11.3 Å². The number of nitrogens with zero attached hydrogens (tertiary/aromatic N) is 5. The number of aromatic amines is 1. The number of halogens is 1. The highest BCUT2D eigenvalue weighted by molar-refractivity contribution is 5.91. The van der Waals surface area contributed by atoms with Crippen molar-refractivity contribution in [2.24, 2.45) is 0 Å². The number of pyridine rings is 2. The Balaban J connectivity index is 1.40. The normalized spacial score (nSPS) is 14.3. The summed E-state index contributed by atoms with van der Waals surface area (Å²) in [5.74, 6) is 0.358. The standard InChI is InChI=1S/C20H19FN8/c21-15-12-26-20(28-18(15)14-11-24-16-2-1-5-23-19(14)16)27-17-4-3-13(10-25-17)29-8-6-22-7-9-29/h1-5,10-12,22,24H,6-9H2,(H,25,26,27,28). The molecule has 1 aliphatic heterocycles. The van der Waals surface area contributed by atoms with E-state index >= 15 is 0 Å². The maximum absolute atomic E-state index is 14.4. The number of hydrogen-bond donors (Lipinski definition) is 3. The van der Waals surface area contributed by atoms with Crippen molar-refractivity contribution in [1.29, 1.82) is 0 Å². The molecular weight excluding hydrogens is 371 g/mol. The summed E-state index contributed by atoms with van der Waals surface area (Å²) >= 11 is 0. The molecule has 0 amide bonds. The van der Waals surface area contributed by atoms with Crippen molar-refractivity contribution in [2.45, 2.75) is 0 Å². The zero-order chi connectivity index (χ0) is 19.6. The zero-order valence-corrected chi connectivity index (χ0v) is 15.6. The molecular formula is C20H19FN8. The van der Waals surface area contributed by atoms with Gasteiger partial charge in [-0.05, 0) is 24.3 Å². The van der Waals surface area contributed by atoms with Crippen LogP contribution in [0.1, 0.15) is 0 Å². The Morgan fingerprint density at radius 3 is 2.76 bits per heavy atom.